The lowest BCUT2D eigenvalue weighted by molar-refractivity contribution is -0.500. The molecule has 0 amide bonds. The molecule has 0 spiro atoms. The normalized spacial score (nSPS) is 10.4. The molecule has 0 aliphatic rings. The fourth-order valence-electron chi connectivity index (χ4n) is 0.904. The van der Waals surface area contributed by atoms with Gasteiger partial charge in [-0.15, -0.1) is 21.9 Å². The Hall–Kier alpha value is -0.940. The number of hydrogen-bond acceptors (Lipinski definition) is 2. The first-order chi connectivity index (χ1) is 6.74. The van der Waals surface area contributed by atoms with Gasteiger partial charge in [0.2, 0.25) is 11.3 Å². The summed E-state index contributed by atoms with van der Waals surface area (Å²) < 4.78 is 0. The number of hydrazine groups is 1. The van der Waals surface area contributed by atoms with Crippen molar-refractivity contribution in [2.24, 2.45) is 0 Å². The van der Waals surface area contributed by atoms with Crippen molar-refractivity contribution in [1.29, 1.82) is 0 Å². The van der Waals surface area contributed by atoms with Gasteiger partial charge in [0.15, 0.2) is 0 Å². The molecule has 0 saturated carbocycles. The van der Waals surface area contributed by atoms with Crippen molar-refractivity contribution in [2.75, 3.05) is 6.54 Å². The van der Waals surface area contributed by atoms with Gasteiger partial charge in [0.1, 0.15) is 0 Å². The van der Waals surface area contributed by atoms with Crippen LogP contribution >= 0.6 is 23.6 Å². The molecule has 3 N–H and O–H groups in total. The molecule has 0 aliphatic carbocycles. The Bertz CT molecular complexity index is 331. The van der Waals surface area contributed by atoms with Gasteiger partial charge in [0, 0.05) is 6.54 Å². The molecule has 0 aliphatic heterocycles. The smallest absolute Gasteiger partial charge is 0.223 e. The number of thiocarbonyl (C=S) groups is 1. The predicted molar refractivity (Wildman–Crippen MR) is 64.6 cm³/mol. The van der Waals surface area contributed by atoms with Gasteiger partial charge in [-0.05, 0) is 43.1 Å². The van der Waals surface area contributed by atoms with Crippen LogP contribution in [-0.2, 0) is 0 Å². The monoisotopic (exact) mass is 228 g/mol. The Morgan fingerprint density at radius 3 is 3.07 bits per heavy atom. The molecule has 1 heterocycles. The standard InChI is InChI=1S/C9H13N3S2/c1-3-10-9(13)12-11-6-8-7(2)4-5-14-8/h4-6H,3H2,1-2H3,(H2,10,12,13)/p+1. The summed E-state index contributed by atoms with van der Waals surface area (Å²) >= 11 is 6.67. The third-order valence-corrected chi connectivity index (χ3v) is 2.84. The van der Waals surface area contributed by atoms with E-state index in [1.807, 2.05) is 13.1 Å². The minimum Gasteiger partial charge on any atom is -0.359 e. The van der Waals surface area contributed by atoms with E-state index in [2.05, 4.69) is 34.2 Å². The van der Waals surface area contributed by atoms with Crippen molar-refractivity contribution in [2.45, 2.75) is 13.8 Å². The number of aryl methyl sites for hydroxylation is 1. The van der Waals surface area contributed by atoms with Crippen molar-refractivity contribution in [3.8, 4) is 0 Å². The molecule has 1 aromatic rings. The molecule has 0 saturated heterocycles. The van der Waals surface area contributed by atoms with E-state index < -0.39 is 0 Å². The molecule has 0 unspecified atom stereocenters. The van der Waals surface area contributed by atoms with Crippen LogP contribution in [0.1, 0.15) is 17.4 Å². The van der Waals surface area contributed by atoms with Crippen LogP contribution in [0.2, 0.25) is 0 Å². The van der Waals surface area contributed by atoms with E-state index in [0.29, 0.717) is 5.11 Å². The van der Waals surface area contributed by atoms with E-state index in [9.17, 15) is 0 Å². The summed E-state index contributed by atoms with van der Waals surface area (Å²) in [6, 6.07) is 2.08. The fourth-order valence-corrected chi connectivity index (χ4v) is 1.91. The van der Waals surface area contributed by atoms with Gasteiger partial charge in [-0.2, -0.15) is 0 Å². The summed E-state index contributed by atoms with van der Waals surface area (Å²) in [5, 5.41) is 8.60. The van der Waals surface area contributed by atoms with Crippen molar-refractivity contribution in [1.82, 2.24) is 10.7 Å². The quantitative estimate of drug-likeness (QED) is 0.386. The van der Waals surface area contributed by atoms with Crippen molar-refractivity contribution < 1.29 is 5.10 Å². The van der Waals surface area contributed by atoms with Crippen LogP contribution < -0.4 is 15.8 Å². The van der Waals surface area contributed by atoms with Crippen LogP contribution in [0.25, 0.3) is 0 Å². The van der Waals surface area contributed by atoms with Gasteiger partial charge in [-0.1, -0.05) is 0 Å². The van der Waals surface area contributed by atoms with Crippen LogP contribution in [0, 0.1) is 6.92 Å². The van der Waals surface area contributed by atoms with E-state index in [1.165, 1.54) is 10.4 Å². The maximum atomic E-state index is 4.98. The van der Waals surface area contributed by atoms with Gasteiger partial charge >= 0.3 is 0 Å². The summed E-state index contributed by atoms with van der Waals surface area (Å²) in [6.07, 6.45) is 1.91. The fraction of sp³-hybridized carbons (Fsp3) is 0.333. The van der Waals surface area contributed by atoms with Crippen molar-refractivity contribution in [3.05, 3.63) is 21.9 Å². The first-order valence-corrected chi connectivity index (χ1v) is 5.69. The Balaban J connectivity index is 2.42. The molecular formula is C9H14N3S2+. The maximum Gasteiger partial charge on any atom is 0.223 e. The Labute approximate surface area is 93.2 Å². The van der Waals surface area contributed by atoms with Crippen molar-refractivity contribution in [3.63, 3.8) is 0 Å². The third-order valence-electron chi connectivity index (χ3n) is 1.63. The molecular weight excluding hydrogens is 214 g/mol. The molecule has 3 nitrogen and oxygen atoms in total. The zero-order valence-corrected chi connectivity index (χ0v) is 9.89. The minimum absolute atomic E-state index is 0.609. The zero-order valence-electron chi connectivity index (χ0n) is 8.26. The second-order valence-corrected chi connectivity index (χ2v) is 4.10. The lowest BCUT2D eigenvalue weighted by Crippen LogP contribution is -2.82. The van der Waals surface area contributed by atoms with Gasteiger partial charge in [-0.25, -0.2) is 0 Å². The summed E-state index contributed by atoms with van der Waals surface area (Å²) in [4.78, 5) is 1.21. The Morgan fingerprint density at radius 2 is 2.50 bits per heavy atom. The van der Waals surface area contributed by atoms with E-state index in [-0.39, 0.29) is 0 Å². The topological polar surface area (TPSA) is 38.0 Å². The maximum absolute atomic E-state index is 4.98. The molecule has 0 radical (unpaired) electrons. The molecule has 5 heteroatoms. The average Bonchev–Trinajstić information content (AvgIpc) is 2.52. The lowest BCUT2D eigenvalue weighted by atomic mass is 10.3. The molecule has 0 fully saturated rings. The Kier molecular flexibility index (Phi) is 4.55. The number of hydrazone groups is 1. The molecule has 76 valence electrons. The highest BCUT2D eigenvalue weighted by Gasteiger charge is 1.98. The van der Waals surface area contributed by atoms with Crippen LogP contribution in [0.4, 0.5) is 0 Å². The number of nitrogens with one attached hydrogen (secondary N) is 3. The van der Waals surface area contributed by atoms with Crippen LogP contribution in [0.5, 0.6) is 0 Å². The highest BCUT2D eigenvalue weighted by molar-refractivity contribution is 7.80. The summed E-state index contributed by atoms with van der Waals surface area (Å²) in [5.74, 6) is 0. The molecule has 0 aromatic carbocycles. The summed E-state index contributed by atoms with van der Waals surface area (Å²) in [7, 11) is 0. The van der Waals surface area contributed by atoms with Gasteiger partial charge in [-0.3, -0.25) is 0 Å². The van der Waals surface area contributed by atoms with Gasteiger partial charge in [0.25, 0.3) is 0 Å². The summed E-state index contributed by atoms with van der Waals surface area (Å²) in [6.45, 7) is 4.90. The van der Waals surface area contributed by atoms with Crippen LogP contribution in [0.15, 0.2) is 11.4 Å². The van der Waals surface area contributed by atoms with E-state index in [4.69, 9.17) is 12.2 Å². The first kappa shape index (κ1) is 11.1. The average molecular weight is 228 g/mol. The van der Waals surface area contributed by atoms with Gasteiger partial charge < -0.3 is 5.32 Å². The second-order valence-electron chi connectivity index (χ2n) is 2.74. The zero-order chi connectivity index (χ0) is 10.4. The number of rotatable bonds is 3. The number of hydrogen-bond donors (Lipinski definition) is 3. The summed E-state index contributed by atoms with van der Waals surface area (Å²) in [5.41, 5.74) is 4.13. The van der Waals surface area contributed by atoms with E-state index in [0.717, 1.165) is 6.54 Å². The Morgan fingerprint density at radius 1 is 1.71 bits per heavy atom. The van der Waals surface area contributed by atoms with E-state index in [1.54, 1.807) is 11.3 Å². The van der Waals surface area contributed by atoms with Gasteiger partial charge in [0.05, 0.1) is 4.88 Å². The molecule has 0 atom stereocenters. The highest BCUT2D eigenvalue weighted by atomic mass is 32.1. The SMILES string of the molecule is CCNC(=S)N[NH+]=Cc1sccc1C. The van der Waals surface area contributed by atoms with Crippen LogP contribution in [0.3, 0.4) is 0 Å². The predicted octanol–water partition coefficient (Wildman–Crippen LogP) is -0.0450. The second kappa shape index (κ2) is 5.72. The third kappa shape index (κ3) is 3.43. The molecule has 1 aromatic heterocycles. The lowest BCUT2D eigenvalue weighted by Gasteiger charge is -1.97. The highest BCUT2D eigenvalue weighted by Crippen LogP contribution is 2.10. The van der Waals surface area contributed by atoms with Crippen molar-refractivity contribution >= 4 is 34.9 Å². The minimum atomic E-state index is 0.609. The van der Waals surface area contributed by atoms with E-state index >= 15 is 0 Å². The first-order valence-electron chi connectivity index (χ1n) is 4.40. The molecule has 0 bridgehead atoms. The largest absolute Gasteiger partial charge is 0.359 e. The molecule has 1 rings (SSSR count). The van der Waals surface area contributed by atoms with Crippen LogP contribution in [-0.4, -0.2) is 17.9 Å². The number of thiophene rings is 1. The molecule has 14 heavy (non-hydrogen) atoms.